The van der Waals surface area contributed by atoms with Crippen LogP contribution in [0.4, 0.5) is 0 Å². The fourth-order valence-corrected chi connectivity index (χ4v) is 2.75. The molecule has 23 heavy (non-hydrogen) atoms. The van der Waals surface area contributed by atoms with E-state index in [9.17, 15) is 9.59 Å². The van der Waals surface area contributed by atoms with E-state index in [0.29, 0.717) is 5.02 Å². The number of amides is 1. The number of carboxylic acids is 1. The highest BCUT2D eigenvalue weighted by molar-refractivity contribution is 6.30. The van der Waals surface area contributed by atoms with Crippen molar-refractivity contribution in [3.8, 4) is 0 Å². The Hall–Kier alpha value is -2.47. The molecule has 118 valence electrons. The number of nitrogens with zero attached hydrogens (tertiary/aromatic N) is 2. The maximum Gasteiger partial charge on any atom is 0.356 e. The topological polar surface area (TPSA) is 92.2 Å². The lowest BCUT2D eigenvalue weighted by Gasteiger charge is -2.43. The summed E-state index contributed by atoms with van der Waals surface area (Å²) in [5.74, 6) is -1.55. The highest BCUT2D eigenvalue weighted by Crippen LogP contribution is 2.41. The standard InChI is InChI=1S/C16H14ClN3O3/c17-11-4-2-10(3-5-11)16(6-1-7-16)20-14(21)12-8-19-13(9-18-12)15(22)23/h2-5,8-9H,1,6-7H2,(H,20,21)(H,22,23). The Bertz CT molecular complexity index is 740. The Labute approximate surface area is 137 Å². The molecular formula is C16H14ClN3O3. The summed E-state index contributed by atoms with van der Waals surface area (Å²) in [6.45, 7) is 0. The van der Waals surface area contributed by atoms with Gasteiger partial charge in [0, 0.05) is 5.02 Å². The maximum absolute atomic E-state index is 12.4. The highest BCUT2D eigenvalue weighted by Gasteiger charge is 2.40. The quantitative estimate of drug-likeness (QED) is 0.898. The largest absolute Gasteiger partial charge is 0.476 e. The van der Waals surface area contributed by atoms with Gasteiger partial charge < -0.3 is 10.4 Å². The normalized spacial score (nSPS) is 15.5. The molecule has 1 aromatic carbocycles. The van der Waals surface area contributed by atoms with Gasteiger partial charge in [0.1, 0.15) is 5.69 Å². The summed E-state index contributed by atoms with van der Waals surface area (Å²) in [5, 5.41) is 12.4. The zero-order chi connectivity index (χ0) is 16.4. The number of halogens is 1. The Morgan fingerprint density at radius 3 is 2.17 bits per heavy atom. The number of carbonyl (C=O) groups is 2. The van der Waals surface area contributed by atoms with Gasteiger partial charge >= 0.3 is 5.97 Å². The summed E-state index contributed by atoms with van der Waals surface area (Å²) in [6.07, 6.45) is 4.94. The van der Waals surface area contributed by atoms with E-state index in [-0.39, 0.29) is 17.3 Å². The Morgan fingerprint density at radius 2 is 1.70 bits per heavy atom. The van der Waals surface area contributed by atoms with Crippen molar-refractivity contribution in [2.24, 2.45) is 0 Å². The number of hydrogen-bond acceptors (Lipinski definition) is 4. The van der Waals surface area contributed by atoms with Crippen LogP contribution in [-0.2, 0) is 5.54 Å². The smallest absolute Gasteiger partial charge is 0.356 e. The first kappa shape index (κ1) is 15.4. The minimum absolute atomic E-state index is 0.0928. The van der Waals surface area contributed by atoms with Gasteiger partial charge in [-0.05, 0) is 37.0 Å². The molecule has 2 aromatic rings. The maximum atomic E-state index is 12.4. The molecule has 0 atom stereocenters. The summed E-state index contributed by atoms with van der Waals surface area (Å²) >= 11 is 5.91. The van der Waals surface area contributed by atoms with Gasteiger partial charge in [-0.25, -0.2) is 14.8 Å². The van der Waals surface area contributed by atoms with Crippen molar-refractivity contribution >= 4 is 23.5 Å². The molecular weight excluding hydrogens is 318 g/mol. The molecule has 7 heteroatoms. The first-order chi connectivity index (χ1) is 11.0. The zero-order valence-corrected chi connectivity index (χ0v) is 12.9. The molecule has 1 amide bonds. The Morgan fingerprint density at radius 1 is 1.09 bits per heavy atom. The number of benzene rings is 1. The van der Waals surface area contributed by atoms with Crippen LogP contribution in [0.2, 0.25) is 5.02 Å². The van der Waals surface area contributed by atoms with E-state index in [4.69, 9.17) is 16.7 Å². The predicted molar refractivity (Wildman–Crippen MR) is 83.4 cm³/mol. The number of aromatic nitrogens is 2. The van der Waals surface area contributed by atoms with E-state index in [1.54, 1.807) is 12.1 Å². The highest BCUT2D eigenvalue weighted by atomic mass is 35.5. The van der Waals surface area contributed by atoms with Crippen LogP contribution >= 0.6 is 11.6 Å². The summed E-state index contributed by atoms with van der Waals surface area (Å²) < 4.78 is 0. The van der Waals surface area contributed by atoms with Crippen LogP contribution in [-0.4, -0.2) is 27.0 Å². The van der Waals surface area contributed by atoms with E-state index in [2.05, 4.69) is 15.3 Å². The van der Waals surface area contributed by atoms with Gasteiger partial charge in [-0.2, -0.15) is 0 Å². The number of carbonyl (C=O) groups excluding carboxylic acids is 1. The average Bonchev–Trinajstić information content (AvgIpc) is 2.52. The van der Waals surface area contributed by atoms with E-state index in [1.165, 1.54) is 6.20 Å². The van der Waals surface area contributed by atoms with Crippen LogP contribution < -0.4 is 5.32 Å². The molecule has 3 rings (SSSR count). The van der Waals surface area contributed by atoms with Gasteiger partial charge in [-0.1, -0.05) is 23.7 Å². The predicted octanol–water partition coefficient (Wildman–Crippen LogP) is 2.64. The van der Waals surface area contributed by atoms with Crippen LogP contribution in [0.25, 0.3) is 0 Å². The molecule has 0 saturated heterocycles. The van der Waals surface area contributed by atoms with Crippen molar-refractivity contribution in [2.75, 3.05) is 0 Å². The minimum atomic E-state index is -1.18. The molecule has 0 unspecified atom stereocenters. The Balaban J connectivity index is 1.80. The summed E-state index contributed by atoms with van der Waals surface area (Å²) in [5.41, 5.74) is 0.471. The fourth-order valence-electron chi connectivity index (χ4n) is 2.62. The molecule has 0 radical (unpaired) electrons. The Kier molecular flexibility index (Phi) is 4.00. The number of nitrogens with one attached hydrogen (secondary N) is 1. The first-order valence-corrected chi connectivity index (χ1v) is 7.52. The van der Waals surface area contributed by atoms with Crippen LogP contribution in [0, 0.1) is 0 Å². The third kappa shape index (κ3) is 3.03. The monoisotopic (exact) mass is 331 g/mol. The van der Waals surface area contributed by atoms with E-state index < -0.39 is 11.5 Å². The van der Waals surface area contributed by atoms with Gasteiger partial charge in [0.25, 0.3) is 5.91 Å². The lowest BCUT2D eigenvalue weighted by atomic mass is 9.71. The first-order valence-electron chi connectivity index (χ1n) is 7.14. The van der Waals surface area contributed by atoms with Crippen molar-refractivity contribution in [1.29, 1.82) is 0 Å². The van der Waals surface area contributed by atoms with Crippen molar-refractivity contribution in [3.63, 3.8) is 0 Å². The van der Waals surface area contributed by atoms with E-state index in [1.807, 2.05) is 12.1 Å². The van der Waals surface area contributed by atoms with Crippen LogP contribution in [0.1, 0.15) is 45.8 Å². The van der Waals surface area contributed by atoms with E-state index >= 15 is 0 Å². The SMILES string of the molecule is O=C(O)c1cnc(C(=O)NC2(c3ccc(Cl)cc3)CCC2)cn1. The molecule has 1 aromatic heterocycles. The van der Waals surface area contributed by atoms with Crippen molar-refractivity contribution in [3.05, 3.63) is 58.6 Å². The van der Waals surface area contributed by atoms with Gasteiger partial charge in [0.05, 0.1) is 17.9 Å². The van der Waals surface area contributed by atoms with Crippen molar-refractivity contribution in [2.45, 2.75) is 24.8 Å². The second-order valence-corrected chi connectivity index (χ2v) is 5.93. The zero-order valence-electron chi connectivity index (χ0n) is 12.1. The summed E-state index contributed by atoms with van der Waals surface area (Å²) in [4.78, 5) is 30.7. The molecule has 0 aliphatic heterocycles. The fraction of sp³-hybridized carbons (Fsp3) is 0.250. The number of carboxylic acid groups (broad SMARTS) is 1. The van der Waals surface area contributed by atoms with Gasteiger partial charge in [0.15, 0.2) is 5.69 Å². The molecule has 1 aliphatic carbocycles. The third-order valence-corrected chi connectivity index (χ3v) is 4.31. The molecule has 1 fully saturated rings. The second kappa shape index (κ2) is 5.96. The number of aromatic carboxylic acids is 1. The lowest BCUT2D eigenvalue weighted by molar-refractivity contribution is 0.0687. The molecule has 0 bridgehead atoms. The molecule has 6 nitrogen and oxygen atoms in total. The van der Waals surface area contributed by atoms with Crippen LogP contribution in [0.15, 0.2) is 36.7 Å². The third-order valence-electron chi connectivity index (χ3n) is 4.06. The molecule has 1 heterocycles. The van der Waals surface area contributed by atoms with Crippen LogP contribution in [0.3, 0.4) is 0 Å². The molecule has 1 saturated carbocycles. The summed E-state index contributed by atoms with van der Waals surface area (Å²) in [6, 6.07) is 7.40. The number of hydrogen-bond donors (Lipinski definition) is 2. The van der Waals surface area contributed by atoms with Gasteiger partial charge in [-0.15, -0.1) is 0 Å². The molecule has 1 aliphatic rings. The molecule has 2 N–H and O–H groups in total. The van der Waals surface area contributed by atoms with E-state index in [0.717, 1.165) is 31.0 Å². The molecule has 0 spiro atoms. The lowest BCUT2D eigenvalue weighted by Crippen LogP contribution is -2.51. The summed E-state index contributed by atoms with van der Waals surface area (Å²) in [7, 11) is 0. The minimum Gasteiger partial charge on any atom is -0.476 e. The van der Waals surface area contributed by atoms with Crippen LogP contribution in [0.5, 0.6) is 0 Å². The number of rotatable bonds is 4. The average molecular weight is 332 g/mol. The van der Waals surface area contributed by atoms with Gasteiger partial charge in [0.2, 0.25) is 0 Å². The second-order valence-electron chi connectivity index (χ2n) is 5.49. The van der Waals surface area contributed by atoms with Crippen molar-refractivity contribution < 1.29 is 14.7 Å². The van der Waals surface area contributed by atoms with Crippen molar-refractivity contribution in [1.82, 2.24) is 15.3 Å². The van der Waals surface area contributed by atoms with Gasteiger partial charge in [-0.3, -0.25) is 4.79 Å².